The van der Waals surface area contributed by atoms with Crippen molar-refractivity contribution >= 4 is 17.6 Å². The van der Waals surface area contributed by atoms with Gasteiger partial charge in [0, 0.05) is 18.2 Å². The summed E-state index contributed by atoms with van der Waals surface area (Å²) in [5.41, 5.74) is 0.765. The van der Waals surface area contributed by atoms with Crippen LogP contribution >= 0.6 is 0 Å². The van der Waals surface area contributed by atoms with E-state index in [1.54, 1.807) is 24.3 Å². The van der Waals surface area contributed by atoms with Gasteiger partial charge >= 0.3 is 0 Å². The van der Waals surface area contributed by atoms with Crippen LogP contribution in [0.15, 0.2) is 42.0 Å². The van der Waals surface area contributed by atoms with Crippen molar-refractivity contribution in [2.45, 2.75) is 6.42 Å². The molecule has 0 atom stereocenters. The summed E-state index contributed by atoms with van der Waals surface area (Å²) < 4.78 is 0. The Hall–Kier alpha value is -2.23. The average Bonchev–Trinajstić information content (AvgIpc) is 2.58. The fourth-order valence-electron chi connectivity index (χ4n) is 1.64. The fourth-order valence-corrected chi connectivity index (χ4v) is 1.64. The Morgan fingerprint density at radius 2 is 1.88 bits per heavy atom. The largest absolute Gasteiger partial charge is 0.289 e. The predicted molar refractivity (Wildman–Crippen MR) is 61.2 cm³/mol. The minimum absolute atomic E-state index is 0.00784. The normalized spacial score (nSPS) is 17.9. The average molecular weight is 229 g/mol. The van der Waals surface area contributed by atoms with Gasteiger partial charge in [0.15, 0.2) is 5.78 Å². The number of benzene rings is 1. The summed E-state index contributed by atoms with van der Waals surface area (Å²) in [5.74, 6) is -0.918. The molecular formula is C13H11NO3. The minimum Gasteiger partial charge on any atom is -0.289 e. The number of hydrogen-bond donors (Lipinski definition) is 0. The van der Waals surface area contributed by atoms with E-state index < -0.39 is 0 Å². The second-order valence-electron chi connectivity index (χ2n) is 3.83. The Labute approximate surface area is 98.5 Å². The monoisotopic (exact) mass is 229 g/mol. The Morgan fingerprint density at radius 3 is 2.41 bits per heavy atom. The lowest BCUT2D eigenvalue weighted by molar-refractivity contribution is -0.135. The third-order valence-electron chi connectivity index (χ3n) is 2.66. The summed E-state index contributed by atoms with van der Waals surface area (Å²) in [6, 6.07) is 8.65. The number of likely N-dealkylation sites (N-methyl/N-ethyl adjacent to an activating group) is 1. The van der Waals surface area contributed by atoms with Crippen molar-refractivity contribution in [2.24, 2.45) is 0 Å². The fraction of sp³-hybridized carbons (Fsp3) is 0.154. The van der Waals surface area contributed by atoms with Crippen LogP contribution in [0.5, 0.6) is 0 Å². The van der Waals surface area contributed by atoms with Gasteiger partial charge in [-0.05, 0) is 6.08 Å². The lowest BCUT2D eigenvalue weighted by Gasteiger charge is -2.02. The number of likely N-dealkylation sites (tertiary alicyclic amines) is 1. The molecule has 1 aliphatic rings. The number of allylic oxidation sites excluding steroid dienone is 1. The van der Waals surface area contributed by atoms with Crippen molar-refractivity contribution in [3.05, 3.63) is 47.5 Å². The van der Waals surface area contributed by atoms with Gasteiger partial charge in [0.25, 0.3) is 5.91 Å². The maximum Gasteiger partial charge on any atom is 0.256 e. The zero-order valence-electron chi connectivity index (χ0n) is 9.34. The SMILES string of the molecule is CN1C(=O)C/C(=C\C(=O)c2ccccc2)C1=O. The molecule has 2 amide bonds. The van der Waals surface area contributed by atoms with Crippen LogP contribution in [0, 0.1) is 0 Å². The van der Waals surface area contributed by atoms with E-state index in [1.807, 2.05) is 6.07 Å². The van der Waals surface area contributed by atoms with E-state index in [2.05, 4.69) is 0 Å². The van der Waals surface area contributed by atoms with Crippen LogP contribution in [0.25, 0.3) is 0 Å². The summed E-state index contributed by atoms with van der Waals surface area (Å²) in [7, 11) is 1.42. The Balaban J connectivity index is 2.25. The summed E-state index contributed by atoms with van der Waals surface area (Å²) in [4.78, 5) is 35.7. The number of hydrogen-bond acceptors (Lipinski definition) is 3. The molecule has 0 unspecified atom stereocenters. The van der Waals surface area contributed by atoms with Gasteiger partial charge in [-0.25, -0.2) is 0 Å². The second-order valence-corrected chi connectivity index (χ2v) is 3.83. The van der Waals surface area contributed by atoms with Crippen molar-refractivity contribution in [1.82, 2.24) is 4.90 Å². The number of nitrogens with zero attached hydrogens (tertiary/aromatic N) is 1. The van der Waals surface area contributed by atoms with Crippen LogP contribution in [0.2, 0.25) is 0 Å². The molecule has 0 aromatic heterocycles. The number of carbonyl (C=O) groups excluding carboxylic acids is 3. The van der Waals surface area contributed by atoms with Gasteiger partial charge in [0.1, 0.15) is 0 Å². The molecule has 0 aliphatic carbocycles. The first-order chi connectivity index (χ1) is 8.09. The van der Waals surface area contributed by atoms with Crippen LogP contribution < -0.4 is 0 Å². The molecule has 0 N–H and O–H groups in total. The van der Waals surface area contributed by atoms with E-state index in [4.69, 9.17) is 0 Å². The van der Waals surface area contributed by atoms with Crippen LogP contribution in [0.1, 0.15) is 16.8 Å². The minimum atomic E-state index is -0.390. The quantitative estimate of drug-likeness (QED) is 0.435. The Morgan fingerprint density at radius 1 is 1.24 bits per heavy atom. The molecular weight excluding hydrogens is 218 g/mol. The molecule has 0 spiro atoms. The lowest BCUT2D eigenvalue weighted by Crippen LogP contribution is -2.23. The number of amides is 2. The standard InChI is InChI=1S/C13H11NO3/c1-14-12(16)8-10(13(14)17)7-11(15)9-5-3-2-4-6-9/h2-7H,8H2,1H3/b10-7+. The Kier molecular flexibility index (Phi) is 2.87. The topological polar surface area (TPSA) is 54.5 Å². The molecule has 1 aromatic rings. The zero-order chi connectivity index (χ0) is 12.4. The number of imide groups is 1. The van der Waals surface area contributed by atoms with Crippen LogP contribution in [-0.4, -0.2) is 29.5 Å². The van der Waals surface area contributed by atoms with E-state index in [1.165, 1.54) is 13.1 Å². The molecule has 4 nitrogen and oxygen atoms in total. The second kappa shape index (κ2) is 4.33. The van der Waals surface area contributed by atoms with Crippen molar-refractivity contribution < 1.29 is 14.4 Å². The molecule has 0 bridgehead atoms. The van der Waals surface area contributed by atoms with Crippen LogP contribution in [-0.2, 0) is 9.59 Å². The van der Waals surface area contributed by atoms with Gasteiger partial charge in [-0.3, -0.25) is 19.3 Å². The third kappa shape index (κ3) is 2.15. The summed E-state index contributed by atoms with van der Waals surface area (Å²) in [5, 5.41) is 0. The van der Waals surface area contributed by atoms with Crippen molar-refractivity contribution in [2.75, 3.05) is 7.05 Å². The highest BCUT2D eigenvalue weighted by Gasteiger charge is 2.30. The van der Waals surface area contributed by atoms with E-state index >= 15 is 0 Å². The van der Waals surface area contributed by atoms with Gasteiger partial charge in [-0.15, -0.1) is 0 Å². The molecule has 1 fully saturated rings. The number of rotatable bonds is 2. The maximum absolute atomic E-state index is 11.8. The molecule has 1 aromatic carbocycles. The molecule has 86 valence electrons. The van der Waals surface area contributed by atoms with E-state index in [-0.39, 0.29) is 29.6 Å². The summed E-state index contributed by atoms with van der Waals surface area (Å²) in [6.45, 7) is 0. The van der Waals surface area contributed by atoms with Gasteiger partial charge in [0.05, 0.1) is 6.42 Å². The van der Waals surface area contributed by atoms with Gasteiger partial charge in [-0.2, -0.15) is 0 Å². The van der Waals surface area contributed by atoms with Gasteiger partial charge in [-0.1, -0.05) is 30.3 Å². The number of carbonyl (C=O) groups is 3. The Bertz CT molecular complexity index is 517. The molecule has 0 saturated carbocycles. The van der Waals surface area contributed by atoms with Crippen molar-refractivity contribution in [1.29, 1.82) is 0 Å². The van der Waals surface area contributed by atoms with E-state index in [0.29, 0.717) is 5.56 Å². The van der Waals surface area contributed by atoms with Crippen LogP contribution in [0.3, 0.4) is 0 Å². The highest BCUT2D eigenvalue weighted by atomic mass is 16.2. The molecule has 4 heteroatoms. The summed E-state index contributed by atoms with van der Waals surface area (Å²) in [6.07, 6.45) is 1.26. The predicted octanol–water partition coefficient (Wildman–Crippen LogP) is 1.18. The lowest BCUT2D eigenvalue weighted by atomic mass is 10.1. The first kappa shape index (κ1) is 11.3. The van der Waals surface area contributed by atoms with Gasteiger partial charge < -0.3 is 0 Å². The first-order valence-electron chi connectivity index (χ1n) is 5.20. The molecule has 1 heterocycles. The van der Waals surface area contributed by atoms with Crippen molar-refractivity contribution in [3.63, 3.8) is 0 Å². The molecule has 17 heavy (non-hydrogen) atoms. The highest BCUT2D eigenvalue weighted by Crippen LogP contribution is 2.17. The number of ketones is 1. The van der Waals surface area contributed by atoms with Crippen molar-refractivity contribution in [3.8, 4) is 0 Å². The van der Waals surface area contributed by atoms with E-state index in [0.717, 1.165) is 4.90 Å². The molecule has 2 rings (SSSR count). The third-order valence-corrected chi connectivity index (χ3v) is 2.66. The molecule has 1 aliphatic heterocycles. The van der Waals surface area contributed by atoms with E-state index in [9.17, 15) is 14.4 Å². The maximum atomic E-state index is 11.8. The summed E-state index contributed by atoms with van der Waals surface area (Å²) >= 11 is 0. The molecule has 1 saturated heterocycles. The smallest absolute Gasteiger partial charge is 0.256 e. The zero-order valence-corrected chi connectivity index (χ0v) is 9.34. The first-order valence-corrected chi connectivity index (χ1v) is 5.20. The van der Waals surface area contributed by atoms with Crippen LogP contribution in [0.4, 0.5) is 0 Å². The highest BCUT2D eigenvalue weighted by molar-refractivity contribution is 6.17. The molecule has 0 radical (unpaired) electrons. The van der Waals surface area contributed by atoms with Gasteiger partial charge in [0.2, 0.25) is 5.91 Å².